The topological polar surface area (TPSA) is 68.0 Å². The van der Waals surface area contributed by atoms with Crippen molar-refractivity contribution in [1.29, 1.82) is 0 Å². The molecule has 0 saturated carbocycles. The molecular weight excluding hydrogens is 246 g/mol. The minimum Gasteiger partial charge on any atom is -0.375 e. The first-order valence-corrected chi connectivity index (χ1v) is 6.45. The van der Waals surface area contributed by atoms with Crippen LogP contribution in [-0.2, 0) is 0 Å². The largest absolute Gasteiger partial charge is 0.375 e. The number of allylic oxidation sites excluding steroid dienone is 1. The molecule has 94 valence electrons. The zero-order chi connectivity index (χ0) is 13.1. The normalized spacial score (nSPS) is 10.3. The number of carbonyl (C=O) groups is 1. The molecule has 2 aromatic rings. The van der Waals surface area contributed by atoms with Crippen LogP contribution in [-0.4, -0.2) is 17.4 Å². The van der Waals surface area contributed by atoms with Gasteiger partial charge in [0.2, 0.25) is 0 Å². The Balaban J connectivity index is 2.15. The molecule has 3 N–H and O–H groups in total. The summed E-state index contributed by atoms with van der Waals surface area (Å²) < 4.78 is 0.933. The second-order valence-electron chi connectivity index (χ2n) is 4.23. The first-order valence-electron chi connectivity index (χ1n) is 5.64. The minimum atomic E-state index is -0.0821. The predicted octanol–water partition coefficient (Wildman–Crippen LogP) is 2.57. The average molecular weight is 261 g/mol. The number of thiazole rings is 1. The summed E-state index contributed by atoms with van der Waals surface area (Å²) in [7, 11) is 0. The molecule has 1 aromatic carbocycles. The van der Waals surface area contributed by atoms with Crippen molar-refractivity contribution in [3.8, 4) is 0 Å². The summed E-state index contributed by atoms with van der Waals surface area (Å²) in [5.74, 6) is -0.0821. The molecule has 1 aromatic heterocycles. The average Bonchev–Trinajstić information content (AvgIpc) is 2.67. The third-order valence-corrected chi connectivity index (χ3v) is 3.29. The summed E-state index contributed by atoms with van der Waals surface area (Å²) in [5.41, 5.74) is 8.28. The van der Waals surface area contributed by atoms with Gasteiger partial charge in [-0.3, -0.25) is 4.79 Å². The number of aromatic nitrogens is 1. The summed E-state index contributed by atoms with van der Waals surface area (Å²) in [6.45, 7) is 4.54. The van der Waals surface area contributed by atoms with E-state index in [0.29, 0.717) is 17.2 Å². The molecule has 0 radical (unpaired) electrons. The quantitative estimate of drug-likeness (QED) is 0.834. The maximum atomic E-state index is 11.9. The fraction of sp³-hybridized carbons (Fsp3) is 0.231. The van der Waals surface area contributed by atoms with E-state index >= 15 is 0 Å². The van der Waals surface area contributed by atoms with Crippen LogP contribution in [0, 0.1) is 0 Å². The van der Waals surface area contributed by atoms with Crippen molar-refractivity contribution in [3.63, 3.8) is 0 Å². The van der Waals surface area contributed by atoms with Crippen LogP contribution in [0.3, 0.4) is 0 Å². The van der Waals surface area contributed by atoms with Gasteiger partial charge in [-0.15, -0.1) is 0 Å². The zero-order valence-electron chi connectivity index (χ0n) is 10.4. The van der Waals surface area contributed by atoms with Gasteiger partial charge in [0.05, 0.1) is 10.2 Å². The predicted molar refractivity (Wildman–Crippen MR) is 75.8 cm³/mol. The molecule has 0 aliphatic rings. The van der Waals surface area contributed by atoms with Crippen molar-refractivity contribution in [1.82, 2.24) is 10.3 Å². The Morgan fingerprint density at radius 3 is 3.00 bits per heavy atom. The summed E-state index contributed by atoms with van der Waals surface area (Å²) in [6, 6.07) is 5.40. The number of anilines is 1. The van der Waals surface area contributed by atoms with Gasteiger partial charge in [-0.05, 0) is 32.0 Å². The number of nitrogens with zero attached hydrogens (tertiary/aromatic N) is 1. The molecule has 1 heterocycles. The van der Waals surface area contributed by atoms with Crippen LogP contribution in [0.5, 0.6) is 0 Å². The number of rotatable bonds is 3. The van der Waals surface area contributed by atoms with Gasteiger partial charge >= 0.3 is 0 Å². The summed E-state index contributed by atoms with van der Waals surface area (Å²) in [4.78, 5) is 16.0. The molecule has 0 unspecified atom stereocenters. The van der Waals surface area contributed by atoms with Gasteiger partial charge < -0.3 is 11.1 Å². The minimum absolute atomic E-state index is 0.0821. The van der Waals surface area contributed by atoms with Gasteiger partial charge in [0.25, 0.3) is 5.91 Å². The zero-order valence-corrected chi connectivity index (χ0v) is 11.2. The van der Waals surface area contributed by atoms with Gasteiger partial charge in [-0.2, -0.15) is 0 Å². The number of nitrogens with one attached hydrogen (secondary N) is 1. The second-order valence-corrected chi connectivity index (χ2v) is 5.29. The highest BCUT2D eigenvalue weighted by molar-refractivity contribution is 7.22. The van der Waals surface area contributed by atoms with Crippen molar-refractivity contribution in [2.75, 3.05) is 12.3 Å². The van der Waals surface area contributed by atoms with Crippen molar-refractivity contribution in [3.05, 3.63) is 35.4 Å². The lowest BCUT2D eigenvalue weighted by Crippen LogP contribution is -2.23. The van der Waals surface area contributed by atoms with E-state index in [1.165, 1.54) is 16.9 Å². The molecule has 0 atom stereocenters. The van der Waals surface area contributed by atoms with E-state index in [9.17, 15) is 4.79 Å². The first-order chi connectivity index (χ1) is 8.56. The van der Waals surface area contributed by atoms with Crippen LogP contribution >= 0.6 is 11.3 Å². The Morgan fingerprint density at radius 2 is 2.28 bits per heavy atom. The summed E-state index contributed by atoms with van der Waals surface area (Å²) in [6.07, 6.45) is 1.97. The Kier molecular flexibility index (Phi) is 3.62. The van der Waals surface area contributed by atoms with Crippen molar-refractivity contribution < 1.29 is 4.79 Å². The van der Waals surface area contributed by atoms with Gasteiger partial charge in [0.1, 0.15) is 0 Å². The number of benzene rings is 1. The lowest BCUT2D eigenvalue weighted by Gasteiger charge is -2.02. The highest BCUT2D eigenvalue weighted by Gasteiger charge is 2.07. The van der Waals surface area contributed by atoms with Crippen LogP contribution in [0.15, 0.2) is 29.8 Å². The van der Waals surface area contributed by atoms with E-state index in [1.54, 1.807) is 6.07 Å². The molecule has 4 nitrogen and oxygen atoms in total. The van der Waals surface area contributed by atoms with Crippen molar-refractivity contribution in [2.24, 2.45) is 0 Å². The van der Waals surface area contributed by atoms with E-state index < -0.39 is 0 Å². The number of nitrogens with two attached hydrogens (primary N) is 1. The number of carbonyl (C=O) groups excluding carboxylic acids is 1. The van der Waals surface area contributed by atoms with E-state index in [4.69, 9.17) is 5.73 Å². The standard InChI is InChI=1S/C13H15N3OS/c1-8(2)5-6-15-12(17)9-3-4-10-11(7-9)18-13(14)16-10/h3-5,7H,6H2,1-2H3,(H2,14,16)(H,15,17). The SMILES string of the molecule is CC(C)=CCNC(=O)c1ccc2nc(N)sc2c1. The maximum absolute atomic E-state index is 11.9. The molecule has 2 rings (SSSR count). The molecular formula is C13H15N3OS. The van der Waals surface area contributed by atoms with Gasteiger partial charge in [0.15, 0.2) is 5.13 Å². The van der Waals surface area contributed by atoms with Crippen molar-refractivity contribution >= 4 is 32.6 Å². The molecule has 5 heteroatoms. The first kappa shape index (κ1) is 12.6. The van der Waals surface area contributed by atoms with E-state index in [2.05, 4.69) is 10.3 Å². The van der Waals surface area contributed by atoms with Crippen LogP contribution in [0.1, 0.15) is 24.2 Å². The van der Waals surface area contributed by atoms with Gasteiger partial charge in [0, 0.05) is 12.1 Å². The Labute approximate surface area is 110 Å². The summed E-state index contributed by atoms with van der Waals surface area (Å²) >= 11 is 1.39. The number of hydrogen-bond acceptors (Lipinski definition) is 4. The van der Waals surface area contributed by atoms with E-state index in [-0.39, 0.29) is 5.91 Å². The lowest BCUT2D eigenvalue weighted by molar-refractivity contribution is 0.0958. The van der Waals surface area contributed by atoms with Crippen LogP contribution in [0.2, 0.25) is 0 Å². The Bertz CT molecular complexity index is 612. The molecule has 1 amide bonds. The highest BCUT2D eigenvalue weighted by Crippen LogP contribution is 2.24. The number of fused-ring (bicyclic) bond motifs is 1. The van der Waals surface area contributed by atoms with Crippen LogP contribution < -0.4 is 11.1 Å². The number of amides is 1. The van der Waals surface area contributed by atoms with Crippen LogP contribution in [0.4, 0.5) is 5.13 Å². The van der Waals surface area contributed by atoms with E-state index in [1.807, 2.05) is 32.1 Å². The molecule has 0 aliphatic carbocycles. The van der Waals surface area contributed by atoms with Gasteiger partial charge in [-0.1, -0.05) is 23.0 Å². The fourth-order valence-electron chi connectivity index (χ4n) is 1.53. The molecule has 0 aliphatic heterocycles. The summed E-state index contributed by atoms with van der Waals surface area (Å²) in [5, 5.41) is 3.36. The highest BCUT2D eigenvalue weighted by atomic mass is 32.1. The number of hydrogen-bond donors (Lipinski definition) is 2. The lowest BCUT2D eigenvalue weighted by atomic mass is 10.2. The smallest absolute Gasteiger partial charge is 0.251 e. The monoisotopic (exact) mass is 261 g/mol. The molecule has 0 spiro atoms. The molecule has 0 saturated heterocycles. The third-order valence-electron chi connectivity index (χ3n) is 2.44. The molecule has 0 bridgehead atoms. The van der Waals surface area contributed by atoms with Gasteiger partial charge in [-0.25, -0.2) is 4.98 Å². The third kappa shape index (κ3) is 2.87. The molecule has 18 heavy (non-hydrogen) atoms. The maximum Gasteiger partial charge on any atom is 0.251 e. The van der Waals surface area contributed by atoms with Crippen LogP contribution in [0.25, 0.3) is 10.2 Å². The van der Waals surface area contributed by atoms with Crippen molar-refractivity contribution in [2.45, 2.75) is 13.8 Å². The molecule has 0 fully saturated rings. The Morgan fingerprint density at radius 1 is 1.50 bits per heavy atom. The van der Waals surface area contributed by atoms with E-state index in [0.717, 1.165) is 10.2 Å². The second kappa shape index (κ2) is 5.18. The fourth-order valence-corrected chi connectivity index (χ4v) is 2.31. The number of nitrogen functional groups attached to an aromatic ring is 1. The Hall–Kier alpha value is -1.88.